The molecule has 1 heterocycles. The molecule has 0 spiro atoms. The van der Waals surface area contributed by atoms with Crippen molar-refractivity contribution in [2.45, 2.75) is 35.4 Å². The maximum Gasteiger partial charge on any atom is 0.234 e. The van der Waals surface area contributed by atoms with E-state index in [0.29, 0.717) is 12.2 Å². The van der Waals surface area contributed by atoms with Crippen LogP contribution in [0.25, 0.3) is 0 Å². The summed E-state index contributed by atoms with van der Waals surface area (Å²) in [5.41, 5.74) is 1.66. The first-order valence-corrected chi connectivity index (χ1v) is 9.89. The zero-order chi connectivity index (χ0) is 15.0. The molecule has 0 radical (unpaired) electrons. The lowest BCUT2D eigenvalue weighted by Crippen LogP contribution is -2.34. The maximum atomic E-state index is 11.8. The first-order chi connectivity index (χ1) is 9.93. The normalized spacial score (nSPS) is 25.3. The maximum absolute atomic E-state index is 11.8. The van der Waals surface area contributed by atoms with Gasteiger partial charge in [-0.25, -0.2) is 8.42 Å². The van der Waals surface area contributed by atoms with Crippen molar-refractivity contribution < 1.29 is 13.2 Å². The van der Waals surface area contributed by atoms with Crippen molar-refractivity contribution in [3.8, 4) is 0 Å². The number of anilines is 2. The van der Waals surface area contributed by atoms with E-state index in [1.807, 2.05) is 18.2 Å². The predicted molar refractivity (Wildman–Crippen MR) is 85.7 cm³/mol. The Kier molecular flexibility index (Phi) is 3.88. The Morgan fingerprint density at radius 3 is 2.90 bits per heavy atom. The summed E-state index contributed by atoms with van der Waals surface area (Å²) in [6, 6.07) is 5.74. The summed E-state index contributed by atoms with van der Waals surface area (Å²) in [5.74, 6) is 0.443. The Bertz CT molecular complexity index is 673. The van der Waals surface area contributed by atoms with E-state index in [4.69, 9.17) is 0 Å². The number of sulfone groups is 1. The van der Waals surface area contributed by atoms with Gasteiger partial charge in [0.1, 0.15) is 0 Å². The number of hydrogen-bond donors (Lipinski definition) is 2. The van der Waals surface area contributed by atoms with Crippen LogP contribution in [0, 0.1) is 0 Å². The molecule has 1 amide bonds. The zero-order valence-electron chi connectivity index (χ0n) is 11.8. The largest absolute Gasteiger partial charge is 0.381 e. The number of carbonyl (C=O) groups is 1. The quantitative estimate of drug-likeness (QED) is 0.890. The lowest BCUT2D eigenvalue weighted by Gasteiger charge is -2.22. The van der Waals surface area contributed by atoms with Gasteiger partial charge in [-0.05, 0) is 37.5 Å². The van der Waals surface area contributed by atoms with E-state index in [1.54, 1.807) is 0 Å². The monoisotopic (exact) mass is 326 g/mol. The molecule has 2 N–H and O–H groups in total. The van der Waals surface area contributed by atoms with E-state index in [0.717, 1.165) is 29.1 Å². The lowest BCUT2D eigenvalue weighted by atomic mass is 10.2. The van der Waals surface area contributed by atoms with Gasteiger partial charge in [-0.15, -0.1) is 11.8 Å². The summed E-state index contributed by atoms with van der Waals surface area (Å²) >= 11 is 1.52. The average Bonchev–Trinajstić information content (AvgIpc) is 2.86. The minimum atomic E-state index is -3.03. The third-order valence-corrected chi connectivity index (χ3v) is 6.70. The first kappa shape index (κ1) is 14.7. The van der Waals surface area contributed by atoms with Gasteiger partial charge in [0, 0.05) is 22.9 Å². The van der Waals surface area contributed by atoms with Crippen molar-refractivity contribution in [3.05, 3.63) is 18.2 Å². The molecule has 1 fully saturated rings. The molecule has 0 bridgehead atoms. The molecule has 1 aliphatic carbocycles. The van der Waals surface area contributed by atoms with Gasteiger partial charge in [-0.2, -0.15) is 0 Å². The third kappa shape index (κ3) is 3.18. The Morgan fingerprint density at radius 1 is 1.33 bits per heavy atom. The third-order valence-electron chi connectivity index (χ3n) is 3.97. The van der Waals surface area contributed by atoms with Crippen LogP contribution in [0.4, 0.5) is 11.4 Å². The first-order valence-electron chi connectivity index (χ1n) is 6.95. The van der Waals surface area contributed by atoms with E-state index >= 15 is 0 Å². The van der Waals surface area contributed by atoms with Crippen LogP contribution in [-0.2, 0) is 14.6 Å². The van der Waals surface area contributed by atoms with Crippen LogP contribution < -0.4 is 10.6 Å². The molecule has 3 rings (SSSR count). The molecule has 1 saturated carbocycles. The molecule has 114 valence electrons. The SMILES string of the molecule is CS(=O)(=O)C1CCCC1Nc1ccc2c(c1)NC(=O)CS2. The van der Waals surface area contributed by atoms with Crippen molar-refractivity contribution in [1.29, 1.82) is 0 Å². The van der Waals surface area contributed by atoms with E-state index < -0.39 is 9.84 Å². The van der Waals surface area contributed by atoms with Crippen LogP contribution in [0.2, 0.25) is 0 Å². The van der Waals surface area contributed by atoms with E-state index in [-0.39, 0.29) is 17.2 Å². The van der Waals surface area contributed by atoms with Gasteiger partial charge in [0.2, 0.25) is 5.91 Å². The summed E-state index contributed by atoms with van der Waals surface area (Å²) in [6.07, 6.45) is 3.80. The molecule has 2 unspecified atom stereocenters. The number of hydrogen-bond acceptors (Lipinski definition) is 5. The smallest absolute Gasteiger partial charge is 0.234 e. The fourth-order valence-corrected chi connectivity index (χ4v) is 5.17. The topological polar surface area (TPSA) is 75.3 Å². The fourth-order valence-electron chi connectivity index (χ4n) is 2.99. The highest BCUT2D eigenvalue weighted by Gasteiger charge is 2.34. The molecule has 0 saturated heterocycles. The van der Waals surface area contributed by atoms with Crippen molar-refractivity contribution in [1.82, 2.24) is 0 Å². The molecule has 0 aromatic heterocycles. The zero-order valence-corrected chi connectivity index (χ0v) is 13.4. The highest BCUT2D eigenvalue weighted by atomic mass is 32.2. The second-order valence-electron chi connectivity index (χ2n) is 5.60. The average molecular weight is 326 g/mol. The van der Waals surface area contributed by atoms with Crippen molar-refractivity contribution in [2.75, 3.05) is 22.6 Å². The molecule has 1 aromatic carbocycles. The highest BCUT2D eigenvalue weighted by Crippen LogP contribution is 2.35. The van der Waals surface area contributed by atoms with Gasteiger partial charge in [-0.1, -0.05) is 0 Å². The summed E-state index contributed by atoms with van der Waals surface area (Å²) in [5, 5.41) is 5.85. The van der Waals surface area contributed by atoms with E-state index in [1.165, 1.54) is 18.0 Å². The number of amides is 1. The summed E-state index contributed by atoms with van der Waals surface area (Å²) in [6.45, 7) is 0. The number of benzene rings is 1. The summed E-state index contributed by atoms with van der Waals surface area (Å²) in [7, 11) is -3.03. The lowest BCUT2D eigenvalue weighted by molar-refractivity contribution is -0.113. The van der Waals surface area contributed by atoms with Gasteiger partial charge in [0.15, 0.2) is 9.84 Å². The van der Waals surface area contributed by atoms with Crippen LogP contribution in [0.15, 0.2) is 23.1 Å². The van der Waals surface area contributed by atoms with Gasteiger partial charge in [-0.3, -0.25) is 4.79 Å². The molecular formula is C14H18N2O3S2. The molecule has 2 atom stereocenters. The molecule has 2 aliphatic rings. The van der Waals surface area contributed by atoms with Crippen LogP contribution >= 0.6 is 11.8 Å². The van der Waals surface area contributed by atoms with Gasteiger partial charge >= 0.3 is 0 Å². The van der Waals surface area contributed by atoms with E-state index in [2.05, 4.69) is 10.6 Å². The minimum Gasteiger partial charge on any atom is -0.381 e. The fraction of sp³-hybridized carbons (Fsp3) is 0.500. The van der Waals surface area contributed by atoms with Crippen LogP contribution in [-0.4, -0.2) is 37.6 Å². The van der Waals surface area contributed by atoms with Crippen LogP contribution in [0.1, 0.15) is 19.3 Å². The van der Waals surface area contributed by atoms with Crippen LogP contribution in [0.5, 0.6) is 0 Å². The Balaban J connectivity index is 1.79. The molecule has 1 aromatic rings. The molecular weight excluding hydrogens is 308 g/mol. The second kappa shape index (κ2) is 5.53. The minimum absolute atomic E-state index is 0.000436. The second-order valence-corrected chi connectivity index (χ2v) is 8.88. The Labute approximate surface area is 128 Å². The van der Waals surface area contributed by atoms with Gasteiger partial charge in [0.05, 0.1) is 16.7 Å². The predicted octanol–water partition coefficient (Wildman–Crippen LogP) is 2.11. The van der Waals surface area contributed by atoms with Crippen molar-refractivity contribution in [3.63, 3.8) is 0 Å². The molecule has 5 nitrogen and oxygen atoms in total. The number of rotatable bonds is 3. The standard InChI is InChI=1S/C14H18N2O3S2/c1-21(18,19)13-4-2-3-10(13)15-9-5-6-12-11(7-9)16-14(17)8-20-12/h5-7,10,13,15H,2-4,8H2,1H3,(H,16,17). The summed E-state index contributed by atoms with van der Waals surface area (Å²) < 4.78 is 23.6. The van der Waals surface area contributed by atoms with Crippen molar-refractivity contribution >= 4 is 38.9 Å². The van der Waals surface area contributed by atoms with E-state index in [9.17, 15) is 13.2 Å². The molecule has 7 heteroatoms. The summed E-state index contributed by atoms with van der Waals surface area (Å²) in [4.78, 5) is 12.5. The highest BCUT2D eigenvalue weighted by molar-refractivity contribution is 8.00. The van der Waals surface area contributed by atoms with Crippen LogP contribution in [0.3, 0.4) is 0 Å². The van der Waals surface area contributed by atoms with Crippen molar-refractivity contribution in [2.24, 2.45) is 0 Å². The number of fused-ring (bicyclic) bond motifs is 1. The number of thioether (sulfide) groups is 1. The molecule has 21 heavy (non-hydrogen) atoms. The van der Waals surface area contributed by atoms with Gasteiger partial charge < -0.3 is 10.6 Å². The Hall–Kier alpha value is -1.21. The van der Waals surface area contributed by atoms with Gasteiger partial charge in [0.25, 0.3) is 0 Å². The number of carbonyl (C=O) groups excluding carboxylic acids is 1. The Morgan fingerprint density at radius 2 is 2.14 bits per heavy atom. The number of nitrogens with one attached hydrogen (secondary N) is 2. The molecule has 1 aliphatic heterocycles.